The molecule has 0 aromatic heterocycles. The van der Waals surface area contributed by atoms with Crippen molar-refractivity contribution in [2.75, 3.05) is 20.3 Å². The summed E-state index contributed by atoms with van der Waals surface area (Å²) in [5.41, 5.74) is 2.09. The highest BCUT2D eigenvalue weighted by Crippen LogP contribution is 2.15. The van der Waals surface area contributed by atoms with E-state index < -0.39 is 11.3 Å². The highest BCUT2D eigenvalue weighted by atomic mass is 35.5. The Morgan fingerprint density at radius 2 is 1.71 bits per heavy atom. The van der Waals surface area contributed by atoms with Gasteiger partial charge in [0.1, 0.15) is 17.7 Å². The maximum absolute atomic E-state index is 11.3. The van der Waals surface area contributed by atoms with Gasteiger partial charge in [0.25, 0.3) is 0 Å². The Bertz CT molecular complexity index is 613. The Morgan fingerprint density at radius 3 is 2.38 bits per heavy atom. The van der Waals surface area contributed by atoms with Crippen LogP contribution in [0.15, 0.2) is 54.6 Å². The van der Waals surface area contributed by atoms with E-state index in [1.165, 1.54) is 7.11 Å². The summed E-state index contributed by atoms with van der Waals surface area (Å²) in [7, 11) is 1.33. The Hall–Kier alpha value is -2.04. The smallest absolute Gasteiger partial charge is 0.324 e. The molecule has 0 aliphatic carbocycles. The zero-order valence-corrected chi connectivity index (χ0v) is 14.4. The number of hydrogen-bond donors (Lipinski definition) is 0. The van der Waals surface area contributed by atoms with E-state index in [2.05, 4.69) is 4.74 Å². The number of rotatable bonds is 9. The topological polar surface area (TPSA) is 44.8 Å². The molecule has 0 saturated carbocycles. The molecule has 0 aliphatic heterocycles. The van der Waals surface area contributed by atoms with Gasteiger partial charge in [0, 0.05) is 0 Å². The Balaban J connectivity index is 1.67. The van der Waals surface area contributed by atoms with Crippen molar-refractivity contribution in [3.8, 4) is 5.75 Å². The fourth-order valence-corrected chi connectivity index (χ4v) is 2.39. The van der Waals surface area contributed by atoms with Gasteiger partial charge in [-0.15, -0.1) is 11.6 Å². The van der Waals surface area contributed by atoms with Crippen LogP contribution in [0.25, 0.3) is 0 Å². The summed E-state index contributed by atoms with van der Waals surface area (Å²) in [5, 5.41) is -0.673. The second-order valence-electron chi connectivity index (χ2n) is 5.23. The van der Waals surface area contributed by atoms with Crippen molar-refractivity contribution in [2.45, 2.75) is 18.4 Å². The standard InChI is InChI=1S/C19H21ClO4/c1-22-19(21)18(20)13-15-7-9-17(10-8-15)24-12-11-23-14-16-5-3-2-4-6-16/h2-10,18H,11-14H2,1H3/t18-/m0/s1. The molecule has 2 aromatic carbocycles. The number of hydrogen-bond acceptors (Lipinski definition) is 4. The molecular weight excluding hydrogens is 328 g/mol. The number of ether oxygens (including phenoxy) is 3. The molecule has 0 radical (unpaired) electrons. The number of carbonyl (C=O) groups is 1. The zero-order chi connectivity index (χ0) is 17.2. The fraction of sp³-hybridized carbons (Fsp3) is 0.316. The van der Waals surface area contributed by atoms with Crippen molar-refractivity contribution in [3.63, 3.8) is 0 Å². The molecule has 0 bridgehead atoms. The minimum atomic E-state index is -0.673. The van der Waals surface area contributed by atoms with Crippen molar-refractivity contribution >= 4 is 17.6 Å². The fourth-order valence-electron chi connectivity index (χ4n) is 2.12. The van der Waals surface area contributed by atoms with Crippen molar-refractivity contribution < 1.29 is 19.0 Å². The average Bonchev–Trinajstić information content (AvgIpc) is 2.63. The van der Waals surface area contributed by atoms with E-state index in [1.54, 1.807) is 0 Å². The van der Waals surface area contributed by atoms with Gasteiger partial charge in [0.2, 0.25) is 0 Å². The Labute approximate surface area is 147 Å². The van der Waals surface area contributed by atoms with Crippen LogP contribution in [0.2, 0.25) is 0 Å². The minimum absolute atomic E-state index is 0.424. The van der Waals surface area contributed by atoms with E-state index in [1.807, 2.05) is 54.6 Å². The first-order valence-electron chi connectivity index (χ1n) is 7.74. The van der Waals surface area contributed by atoms with Gasteiger partial charge in [-0.3, -0.25) is 4.79 Å². The quantitative estimate of drug-likeness (QED) is 0.394. The summed E-state index contributed by atoms with van der Waals surface area (Å²) in [6.07, 6.45) is 0.425. The molecule has 0 N–H and O–H groups in total. The number of methoxy groups -OCH3 is 1. The van der Waals surface area contributed by atoms with Crippen LogP contribution in [0.5, 0.6) is 5.75 Å². The lowest BCUT2D eigenvalue weighted by atomic mass is 10.1. The van der Waals surface area contributed by atoms with Gasteiger partial charge in [-0.2, -0.15) is 0 Å². The second kappa shape index (κ2) is 9.96. The molecule has 2 rings (SSSR count). The summed E-state index contributed by atoms with van der Waals surface area (Å²) < 4.78 is 15.8. The van der Waals surface area contributed by atoms with E-state index in [9.17, 15) is 4.79 Å². The largest absolute Gasteiger partial charge is 0.491 e. The SMILES string of the molecule is COC(=O)[C@@H](Cl)Cc1ccc(OCCOCc2ccccc2)cc1. The van der Waals surface area contributed by atoms with Gasteiger partial charge in [0.15, 0.2) is 0 Å². The molecule has 0 saturated heterocycles. The van der Waals surface area contributed by atoms with E-state index in [0.717, 1.165) is 16.9 Å². The lowest BCUT2D eigenvalue weighted by molar-refractivity contribution is -0.140. The van der Waals surface area contributed by atoms with Gasteiger partial charge < -0.3 is 14.2 Å². The molecule has 0 amide bonds. The number of alkyl halides is 1. The van der Waals surface area contributed by atoms with Crippen LogP contribution in [0.4, 0.5) is 0 Å². The molecule has 0 spiro atoms. The lowest BCUT2D eigenvalue weighted by Crippen LogP contribution is -2.18. The van der Waals surface area contributed by atoms with Gasteiger partial charge in [-0.1, -0.05) is 42.5 Å². The van der Waals surface area contributed by atoms with Gasteiger partial charge in [-0.25, -0.2) is 0 Å². The third kappa shape index (κ3) is 6.22. The van der Waals surface area contributed by atoms with Crippen molar-refractivity contribution in [2.24, 2.45) is 0 Å². The van der Waals surface area contributed by atoms with Gasteiger partial charge in [0.05, 0.1) is 20.3 Å². The van der Waals surface area contributed by atoms with Gasteiger partial charge >= 0.3 is 5.97 Å². The number of benzene rings is 2. The molecule has 1 atom stereocenters. The highest BCUT2D eigenvalue weighted by Gasteiger charge is 2.15. The van der Waals surface area contributed by atoms with E-state index in [0.29, 0.717) is 26.2 Å². The van der Waals surface area contributed by atoms with E-state index in [-0.39, 0.29) is 0 Å². The lowest BCUT2D eigenvalue weighted by Gasteiger charge is -2.09. The first kappa shape index (κ1) is 18.3. The molecule has 0 aliphatic rings. The zero-order valence-electron chi connectivity index (χ0n) is 13.6. The molecule has 0 unspecified atom stereocenters. The number of carbonyl (C=O) groups excluding carboxylic acids is 1. The van der Waals surface area contributed by atoms with Crippen molar-refractivity contribution in [1.82, 2.24) is 0 Å². The van der Waals surface area contributed by atoms with Crippen LogP contribution >= 0.6 is 11.6 Å². The summed E-state index contributed by atoms with van der Waals surface area (Å²) in [6.45, 7) is 1.57. The number of esters is 1. The summed E-state index contributed by atoms with van der Waals surface area (Å²) in [4.78, 5) is 11.3. The van der Waals surface area contributed by atoms with Gasteiger partial charge in [-0.05, 0) is 29.7 Å². The second-order valence-corrected chi connectivity index (χ2v) is 5.75. The van der Waals surface area contributed by atoms with E-state index >= 15 is 0 Å². The van der Waals surface area contributed by atoms with Crippen molar-refractivity contribution in [3.05, 3.63) is 65.7 Å². The van der Waals surface area contributed by atoms with Crippen LogP contribution in [0, 0.1) is 0 Å². The maximum Gasteiger partial charge on any atom is 0.324 e. The van der Waals surface area contributed by atoms with Crippen LogP contribution in [-0.4, -0.2) is 31.7 Å². The predicted octanol–water partition coefficient (Wildman–Crippen LogP) is 3.61. The molecule has 0 fully saturated rings. The monoisotopic (exact) mass is 348 g/mol. The third-order valence-corrected chi connectivity index (χ3v) is 3.74. The first-order valence-corrected chi connectivity index (χ1v) is 8.18. The van der Waals surface area contributed by atoms with Crippen molar-refractivity contribution in [1.29, 1.82) is 0 Å². The van der Waals surface area contributed by atoms with Crippen LogP contribution in [-0.2, 0) is 27.3 Å². The minimum Gasteiger partial charge on any atom is -0.491 e. The first-order chi connectivity index (χ1) is 11.7. The van der Waals surface area contributed by atoms with Crippen LogP contribution < -0.4 is 4.74 Å². The molecule has 4 nitrogen and oxygen atoms in total. The van der Waals surface area contributed by atoms with E-state index in [4.69, 9.17) is 21.1 Å². The normalized spacial score (nSPS) is 11.8. The predicted molar refractivity (Wildman–Crippen MR) is 93.4 cm³/mol. The molecule has 24 heavy (non-hydrogen) atoms. The number of halogens is 1. The average molecular weight is 349 g/mol. The summed E-state index contributed by atoms with van der Waals surface area (Å²) in [6, 6.07) is 17.5. The van der Waals surface area contributed by atoms with Crippen LogP contribution in [0.3, 0.4) is 0 Å². The Morgan fingerprint density at radius 1 is 1.00 bits per heavy atom. The molecule has 5 heteroatoms. The highest BCUT2D eigenvalue weighted by molar-refractivity contribution is 6.30. The maximum atomic E-state index is 11.3. The summed E-state index contributed by atoms with van der Waals surface area (Å²) >= 11 is 5.95. The molecule has 128 valence electrons. The Kier molecular flexibility index (Phi) is 7.59. The molecule has 2 aromatic rings. The van der Waals surface area contributed by atoms with Crippen LogP contribution in [0.1, 0.15) is 11.1 Å². The third-order valence-electron chi connectivity index (χ3n) is 3.40. The molecular formula is C19H21ClO4. The molecule has 0 heterocycles. The summed E-state index contributed by atoms with van der Waals surface area (Å²) in [5.74, 6) is 0.332.